The third-order valence-corrected chi connectivity index (χ3v) is 5.64. The van der Waals surface area contributed by atoms with Crippen molar-refractivity contribution in [2.24, 2.45) is 0 Å². The molecule has 0 saturated carbocycles. The molecule has 1 unspecified atom stereocenters. The molecule has 0 aromatic heterocycles. The maximum Gasteiger partial charge on any atom is 0.256 e. The van der Waals surface area contributed by atoms with E-state index in [1.807, 2.05) is 42.5 Å². The fourth-order valence-electron chi connectivity index (χ4n) is 4.55. The monoisotopic (exact) mass is 390 g/mol. The van der Waals surface area contributed by atoms with Gasteiger partial charge in [0.1, 0.15) is 11.6 Å². The van der Waals surface area contributed by atoms with E-state index in [2.05, 4.69) is 0 Å². The van der Waals surface area contributed by atoms with Gasteiger partial charge in [0.15, 0.2) is 5.66 Å². The van der Waals surface area contributed by atoms with Crippen LogP contribution in [0.2, 0.25) is 0 Å². The summed E-state index contributed by atoms with van der Waals surface area (Å²) in [6.07, 6.45) is 0. The van der Waals surface area contributed by atoms with E-state index in [0.717, 1.165) is 23.8 Å². The first kappa shape index (κ1) is 17.6. The van der Waals surface area contributed by atoms with Gasteiger partial charge < -0.3 is 9.80 Å². The molecule has 0 spiro atoms. The zero-order valence-electron chi connectivity index (χ0n) is 15.3. The van der Waals surface area contributed by atoms with E-state index in [0.29, 0.717) is 17.7 Å². The minimum absolute atomic E-state index is 0.0866. The quantitative estimate of drug-likeness (QED) is 0.668. The molecule has 2 amide bonds. The van der Waals surface area contributed by atoms with Crippen LogP contribution in [0.1, 0.15) is 31.8 Å². The Bertz CT molecular complexity index is 1130. The van der Waals surface area contributed by atoms with Gasteiger partial charge in [-0.15, -0.1) is 0 Å². The molecule has 29 heavy (non-hydrogen) atoms. The van der Waals surface area contributed by atoms with Gasteiger partial charge in [-0.25, -0.2) is 8.78 Å². The van der Waals surface area contributed by atoms with Crippen LogP contribution in [-0.4, -0.2) is 34.7 Å². The average molecular weight is 390 g/mol. The summed E-state index contributed by atoms with van der Waals surface area (Å²) in [5.74, 6) is -2.33. The lowest BCUT2D eigenvalue weighted by molar-refractivity contribution is 0.0374. The second kappa shape index (κ2) is 6.24. The summed E-state index contributed by atoms with van der Waals surface area (Å²) in [6, 6.07) is 19.2. The van der Waals surface area contributed by atoms with Crippen LogP contribution in [-0.2, 0) is 5.66 Å². The lowest BCUT2D eigenvalue weighted by Crippen LogP contribution is -2.51. The van der Waals surface area contributed by atoms with Crippen LogP contribution in [0.3, 0.4) is 0 Å². The number of benzene rings is 3. The van der Waals surface area contributed by atoms with Crippen LogP contribution in [0.15, 0.2) is 72.8 Å². The van der Waals surface area contributed by atoms with Crippen LogP contribution in [0.5, 0.6) is 0 Å². The number of hydrogen-bond acceptors (Lipinski definition) is 2. The predicted molar refractivity (Wildman–Crippen MR) is 102 cm³/mol. The van der Waals surface area contributed by atoms with Crippen molar-refractivity contribution in [1.82, 2.24) is 9.80 Å². The van der Waals surface area contributed by atoms with E-state index in [1.165, 1.54) is 0 Å². The molecule has 3 aromatic carbocycles. The smallest absolute Gasteiger partial charge is 0.256 e. The van der Waals surface area contributed by atoms with Crippen LogP contribution in [0, 0.1) is 11.6 Å². The number of hydrogen-bond donors (Lipinski definition) is 0. The first-order chi connectivity index (χ1) is 14.0. The molecule has 1 saturated heterocycles. The largest absolute Gasteiger partial charge is 0.306 e. The summed E-state index contributed by atoms with van der Waals surface area (Å²) in [5, 5.41) is 0. The summed E-state index contributed by atoms with van der Waals surface area (Å²) in [7, 11) is 0. The molecular weight excluding hydrogens is 374 g/mol. The van der Waals surface area contributed by atoms with Crippen molar-refractivity contribution in [3.8, 4) is 0 Å². The Morgan fingerprint density at radius 1 is 0.862 bits per heavy atom. The first-order valence-corrected chi connectivity index (χ1v) is 9.28. The van der Waals surface area contributed by atoms with Gasteiger partial charge in [-0.3, -0.25) is 9.59 Å². The molecule has 3 aromatic rings. The molecule has 5 rings (SSSR count). The number of fused-ring (bicyclic) bond motifs is 3. The molecule has 0 aliphatic carbocycles. The lowest BCUT2D eigenvalue weighted by Gasteiger charge is -2.40. The van der Waals surface area contributed by atoms with E-state index < -0.39 is 23.2 Å². The molecule has 0 N–H and O–H groups in total. The van der Waals surface area contributed by atoms with Gasteiger partial charge in [0, 0.05) is 41.4 Å². The highest BCUT2D eigenvalue weighted by atomic mass is 19.1. The Kier molecular flexibility index (Phi) is 3.77. The number of amides is 2. The fourth-order valence-corrected chi connectivity index (χ4v) is 4.55. The standard InChI is InChI=1S/C23H16F2N2O2/c24-17-12-15(13-18(25)14-17)21(28)26-10-11-27-22(29)19-8-4-5-9-20(19)23(26,27)16-6-2-1-3-7-16/h1-9,12-14H,10-11H2. The third-order valence-electron chi connectivity index (χ3n) is 5.64. The molecule has 1 fully saturated rings. The van der Waals surface area contributed by atoms with E-state index in [4.69, 9.17) is 0 Å². The molecule has 2 heterocycles. The van der Waals surface area contributed by atoms with Crippen molar-refractivity contribution in [2.45, 2.75) is 5.66 Å². The maximum absolute atomic E-state index is 13.8. The van der Waals surface area contributed by atoms with Gasteiger partial charge in [0.2, 0.25) is 0 Å². The summed E-state index contributed by atoms with van der Waals surface area (Å²) in [4.78, 5) is 29.8. The third kappa shape index (κ3) is 2.35. The highest BCUT2D eigenvalue weighted by Crippen LogP contribution is 2.49. The topological polar surface area (TPSA) is 40.6 Å². The Balaban J connectivity index is 1.75. The van der Waals surface area contributed by atoms with Crippen molar-refractivity contribution in [3.63, 3.8) is 0 Å². The summed E-state index contributed by atoms with van der Waals surface area (Å²) < 4.78 is 27.6. The zero-order chi connectivity index (χ0) is 20.2. The molecule has 0 bridgehead atoms. The van der Waals surface area contributed by atoms with E-state index in [-0.39, 0.29) is 18.0 Å². The van der Waals surface area contributed by atoms with Gasteiger partial charge in [0.05, 0.1) is 0 Å². The van der Waals surface area contributed by atoms with Crippen LogP contribution in [0.25, 0.3) is 0 Å². The number of carbonyl (C=O) groups is 2. The van der Waals surface area contributed by atoms with Gasteiger partial charge in [-0.05, 0) is 18.2 Å². The van der Waals surface area contributed by atoms with Gasteiger partial charge in [-0.1, -0.05) is 48.5 Å². The van der Waals surface area contributed by atoms with Crippen molar-refractivity contribution >= 4 is 11.8 Å². The summed E-state index contributed by atoms with van der Waals surface area (Å²) >= 11 is 0. The maximum atomic E-state index is 13.8. The van der Waals surface area contributed by atoms with E-state index in [9.17, 15) is 18.4 Å². The molecule has 6 heteroatoms. The number of nitrogens with zero attached hydrogens (tertiary/aromatic N) is 2. The van der Waals surface area contributed by atoms with E-state index in [1.54, 1.807) is 21.9 Å². The minimum Gasteiger partial charge on any atom is -0.306 e. The van der Waals surface area contributed by atoms with Gasteiger partial charge in [-0.2, -0.15) is 0 Å². The Morgan fingerprint density at radius 3 is 2.24 bits per heavy atom. The molecule has 4 nitrogen and oxygen atoms in total. The highest BCUT2D eigenvalue weighted by molar-refractivity contribution is 6.03. The Labute approximate surface area is 166 Å². The molecular formula is C23H16F2N2O2. The SMILES string of the molecule is O=C(c1cc(F)cc(F)c1)N1CCN2C(=O)c3ccccc3C12c1ccccc1. The number of carbonyl (C=O) groups excluding carboxylic acids is 2. The van der Waals surface area contributed by atoms with Crippen LogP contribution < -0.4 is 0 Å². The molecule has 1 atom stereocenters. The van der Waals surface area contributed by atoms with Crippen LogP contribution >= 0.6 is 0 Å². The summed E-state index contributed by atoms with van der Waals surface area (Å²) in [6.45, 7) is 0.581. The Morgan fingerprint density at radius 2 is 1.52 bits per heavy atom. The number of halogens is 2. The first-order valence-electron chi connectivity index (χ1n) is 9.28. The fraction of sp³-hybridized carbons (Fsp3) is 0.130. The van der Waals surface area contributed by atoms with Crippen molar-refractivity contribution in [1.29, 1.82) is 0 Å². The summed E-state index contributed by atoms with van der Waals surface area (Å²) in [5.41, 5.74) is 0.741. The van der Waals surface area contributed by atoms with Gasteiger partial charge >= 0.3 is 0 Å². The van der Waals surface area contributed by atoms with Crippen molar-refractivity contribution in [2.75, 3.05) is 13.1 Å². The molecule has 144 valence electrons. The zero-order valence-corrected chi connectivity index (χ0v) is 15.3. The minimum atomic E-state index is -1.14. The van der Waals surface area contributed by atoms with Crippen LogP contribution in [0.4, 0.5) is 8.78 Å². The predicted octanol–water partition coefficient (Wildman–Crippen LogP) is 3.78. The Hall–Kier alpha value is -3.54. The van der Waals surface area contributed by atoms with E-state index >= 15 is 0 Å². The lowest BCUT2D eigenvalue weighted by atomic mass is 9.89. The normalized spacial score (nSPS) is 20.0. The number of rotatable bonds is 2. The molecule has 2 aliphatic heterocycles. The van der Waals surface area contributed by atoms with Gasteiger partial charge in [0.25, 0.3) is 11.8 Å². The average Bonchev–Trinajstić information content (AvgIpc) is 3.23. The second-order valence-corrected chi connectivity index (χ2v) is 7.16. The highest BCUT2D eigenvalue weighted by Gasteiger charge is 2.59. The second-order valence-electron chi connectivity index (χ2n) is 7.16. The molecule has 2 aliphatic rings. The van der Waals surface area contributed by atoms with Crippen molar-refractivity contribution in [3.05, 3.63) is 107 Å². The van der Waals surface area contributed by atoms with Crippen molar-refractivity contribution < 1.29 is 18.4 Å². The molecule has 0 radical (unpaired) electrons.